The van der Waals surface area contributed by atoms with E-state index in [1.807, 2.05) is 27.9 Å². The average Bonchev–Trinajstić information content (AvgIpc) is 2.26. The molecule has 0 radical (unpaired) electrons. The first kappa shape index (κ1) is 13.2. The lowest BCUT2D eigenvalue weighted by Gasteiger charge is -2.38. The van der Waals surface area contributed by atoms with Gasteiger partial charge in [-0.1, -0.05) is 19.8 Å². The lowest BCUT2D eigenvalue weighted by atomic mass is 9.89. The zero-order valence-electron chi connectivity index (χ0n) is 10.7. The number of nitrogens with zero attached hydrogens (tertiary/aromatic N) is 1. The second-order valence-electron chi connectivity index (χ2n) is 4.81. The van der Waals surface area contributed by atoms with E-state index in [4.69, 9.17) is 4.74 Å². The summed E-state index contributed by atoms with van der Waals surface area (Å²) in [5.41, 5.74) is -0.178. The molecule has 1 aliphatic heterocycles. The van der Waals surface area contributed by atoms with E-state index in [1.54, 1.807) is 0 Å². The Morgan fingerprint density at radius 2 is 1.88 bits per heavy atom. The number of carbonyl (C=O) groups is 1. The molecule has 0 unspecified atom stereocenters. The lowest BCUT2D eigenvalue weighted by molar-refractivity contribution is -0.116. The summed E-state index contributed by atoms with van der Waals surface area (Å²) in [6.07, 6.45) is 1.75. The number of hydrogen-bond acceptors (Lipinski definition) is 3. The Bertz CT molecular complexity index is 304. The first-order valence-electron chi connectivity index (χ1n) is 5.80. The van der Waals surface area contributed by atoms with Crippen LogP contribution in [0.25, 0.3) is 0 Å². The van der Waals surface area contributed by atoms with Crippen LogP contribution >= 0.6 is 0 Å². The Kier molecular flexibility index (Phi) is 4.52. The van der Waals surface area contributed by atoms with Crippen LogP contribution in [0.3, 0.4) is 0 Å². The fourth-order valence-corrected chi connectivity index (χ4v) is 1.72. The zero-order valence-corrected chi connectivity index (χ0v) is 10.7. The predicted molar refractivity (Wildman–Crippen MR) is 64.1 cm³/mol. The molecule has 1 fully saturated rings. The summed E-state index contributed by atoms with van der Waals surface area (Å²) in [6, 6.07) is 0. The first-order chi connectivity index (χ1) is 7.48. The summed E-state index contributed by atoms with van der Waals surface area (Å²) in [5.74, 6) is 5.96. The molecule has 0 atom stereocenters. The van der Waals surface area contributed by atoms with Gasteiger partial charge in [-0.05, 0) is 20.0 Å². The fourth-order valence-electron chi connectivity index (χ4n) is 1.72. The average molecular weight is 223 g/mol. The van der Waals surface area contributed by atoms with Gasteiger partial charge in [0.25, 0.3) is 0 Å². The largest absolute Gasteiger partial charge is 0.381 e. The smallest absolute Gasteiger partial charge is 0.208 e. The van der Waals surface area contributed by atoms with Gasteiger partial charge < -0.3 is 4.74 Å². The van der Waals surface area contributed by atoms with Gasteiger partial charge in [0.2, 0.25) is 5.78 Å². The van der Waals surface area contributed by atoms with Crippen molar-refractivity contribution in [3.63, 3.8) is 0 Å². The van der Waals surface area contributed by atoms with Gasteiger partial charge in [0, 0.05) is 32.0 Å². The minimum Gasteiger partial charge on any atom is -0.381 e. The molecule has 0 saturated carbocycles. The highest BCUT2D eigenvalue weighted by Crippen LogP contribution is 2.24. The third-order valence-corrected chi connectivity index (χ3v) is 3.12. The highest BCUT2D eigenvalue weighted by molar-refractivity contribution is 5.97. The molecular formula is C13H21NO2. The first-order valence-corrected chi connectivity index (χ1v) is 5.80. The van der Waals surface area contributed by atoms with Gasteiger partial charge in [-0.2, -0.15) is 0 Å². The molecule has 0 bridgehead atoms. The van der Waals surface area contributed by atoms with Crippen LogP contribution in [-0.2, 0) is 9.53 Å². The van der Waals surface area contributed by atoms with Gasteiger partial charge in [-0.15, -0.1) is 0 Å². The molecule has 0 aromatic rings. The number of rotatable bonds is 2. The van der Waals surface area contributed by atoms with Crippen molar-refractivity contribution in [3.8, 4) is 11.8 Å². The Labute approximate surface area is 98.1 Å². The van der Waals surface area contributed by atoms with E-state index < -0.39 is 0 Å². The van der Waals surface area contributed by atoms with Crippen LogP contribution < -0.4 is 0 Å². The second-order valence-corrected chi connectivity index (χ2v) is 4.81. The molecule has 16 heavy (non-hydrogen) atoms. The second kappa shape index (κ2) is 5.47. The van der Waals surface area contributed by atoms with Crippen molar-refractivity contribution in [2.45, 2.75) is 32.2 Å². The van der Waals surface area contributed by atoms with Gasteiger partial charge in [-0.25, -0.2) is 0 Å². The molecule has 1 saturated heterocycles. The maximum absolute atomic E-state index is 11.5. The molecule has 3 heteroatoms. The van der Waals surface area contributed by atoms with E-state index in [2.05, 4.69) is 16.7 Å². The fraction of sp³-hybridized carbons (Fsp3) is 0.769. The monoisotopic (exact) mass is 223 g/mol. The molecule has 3 nitrogen and oxygen atoms in total. The molecule has 1 heterocycles. The van der Waals surface area contributed by atoms with E-state index in [1.165, 1.54) is 0 Å². The van der Waals surface area contributed by atoms with Crippen molar-refractivity contribution in [1.29, 1.82) is 0 Å². The van der Waals surface area contributed by atoms with E-state index in [9.17, 15) is 4.79 Å². The lowest BCUT2D eigenvalue weighted by Crippen LogP contribution is -2.47. The van der Waals surface area contributed by atoms with Crippen molar-refractivity contribution in [1.82, 2.24) is 4.90 Å². The van der Waals surface area contributed by atoms with Crippen LogP contribution in [-0.4, -0.2) is 43.5 Å². The summed E-state index contributed by atoms with van der Waals surface area (Å²) in [5, 5.41) is 0. The Hall–Kier alpha value is -0.850. The van der Waals surface area contributed by atoms with Crippen molar-refractivity contribution >= 4 is 5.78 Å². The van der Waals surface area contributed by atoms with E-state index in [0.717, 1.165) is 26.1 Å². The van der Waals surface area contributed by atoms with Crippen molar-refractivity contribution in [2.24, 2.45) is 5.92 Å². The van der Waals surface area contributed by atoms with Crippen LogP contribution in [0, 0.1) is 17.8 Å². The minimum atomic E-state index is -0.178. The number of ketones is 1. The van der Waals surface area contributed by atoms with Gasteiger partial charge in [-0.3, -0.25) is 9.69 Å². The predicted octanol–water partition coefficient (Wildman–Crippen LogP) is 1.33. The minimum absolute atomic E-state index is 0.00782. The van der Waals surface area contributed by atoms with Crippen LogP contribution in [0.1, 0.15) is 26.7 Å². The molecule has 0 aromatic heterocycles. The van der Waals surface area contributed by atoms with E-state index in [-0.39, 0.29) is 17.2 Å². The number of carbonyl (C=O) groups excluding carboxylic acids is 1. The van der Waals surface area contributed by atoms with E-state index in [0.29, 0.717) is 0 Å². The maximum Gasteiger partial charge on any atom is 0.208 e. The third kappa shape index (κ3) is 3.07. The van der Waals surface area contributed by atoms with Crippen LogP contribution in [0.4, 0.5) is 0 Å². The summed E-state index contributed by atoms with van der Waals surface area (Å²) in [4.78, 5) is 13.6. The van der Waals surface area contributed by atoms with Gasteiger partial charge >= 0.3 is 0 Å². The molecule has 0 aromatic carbocycles. The highest BCUT2D eigenvalue weighted by atomic mass is 16.5. The molecule has 0 spiro atoms. The van der Waals surface area contributed by atoms with Crippen LogP contribution in [0.15, 0.2) is 0 Å². The van der Waals surface area contributed by atoms with Gasteiger partial charge in [0.15, 0.2) is 0 Å². The molecule has 0 N–H and O–H groups in total. The quantitative estimate of drug-likeness (QED) is 0.522. The standard InChI is InChI=1S/C13H21NO2/c1-11(2)12(15)5-6-13(14(3)4)7-9-16-10-8-13/h11H,7-10H2,1-4H3. The third-order valence-electron chi connectivity index (χ3n) is 3.12. The molecule has 1 aliphatic rings. The van der Waals surface area contributed by atoms with Crippen molar-refractivity contribution in [3.05, 3.63) is 0 Å². The molecular weight excluding hydrogens is 202 g/mol. The number of hydrogen-bond donors (Lipinski definition) is 0. The van der Waals surface area contributed by atoms with Crippen molar-refractivity contribution in [2.75, 3.05) is 27.3 Å². The zero-order chi connectivity index (χ0) is 12.2. The Morgan fingerprint density at radius 1 is 1.31 bits per heavy atom. The highest BCUT2D eigenvalue weighted by Gasteiger charge is 2.33. The summed E-state index contributed by atoms with van der Waals surface area (Å²) in [7, 11) is 4.03. The van der Waals surface area contributed by atoms with Gasteiger partial charge in [0.1, 0.15) is 0 Å². The number of ether oxygens (including phenoxy) is 1. The molecule has 0 aliphatic carbocycles. The summed E-state index contributed by atoms with van der Waals surface area (Å²) < 4.78 is 5.35. The SMILES string of the molecule is CC(C)C(=O)C#CC1(N(C)C)CCOCC1. The van der Waals surface area contributed by atoms with Gasteiger partial charge in [0.05, 0.1) is 5.54 Å². The maximum atomic E-state index is 11.5. The topological polar surface area (TPSA) is 29.5 Å². The van der Waals surface area contributed by atoms with E-state index >= 15 is 0 Å². The summed E-state index contributed by atoms with van der Waals surface area (Å²) in [6.45, 7) is 5.21. The van der Waals surface area contributed by atoms with Crippen LogP contribution in [0.5, 0.6) is 0 Å². The molecule has 0 amide bonds. The van der Waals surface area contributed by atoms with Crippen LogP contribution in [0.2, 0.25) is 0 Å². The van der Waals surface area contributed by atoms with Crippen molar-refractivity contribution < 1.29 is 9.53 Å². The summed E-state index contributed by atoms with van der Waals surface area (Å²) >= 11 is 0. The number of Topliss-reactive ketones (excluding diaryl/α,β-unsaturated/α-hetero) is 1. The Balaban J connectivity index is 2.82. The Morgan fingerprint density at radius 3 is 2.31 bits per heavy atom. The normalized spacial score (nSPS) is 19.4. The molecule has 90 valence electrons. The molecule has 1 rings (SSSR count).